The van der Waals surface area contributed by atoms with Crippen LogP contribution in [0.4, 0.5) is 0 Å². The fourth-order valence-corrected chi connectivity index (χ4v) is 1.30. The Bertz CT molecular complexity index is 437. The zero-order valence-corrected chi connectivity index (χ0v) is 6.87. The van der Waals surface area contributed by atoms with Gasteiger partial charge in [0.1, 0.15) is 5.75 Å². The number of fused-ring (bicyclic) bond motifs is 1. The van der Waals surface area contributed by atoms with Gasteiger partial charge in [-0.2, -0.15) is 0 Å². The van der Waals surface area contributed by atoms with Crippen molar-refractivity contribution in [1.82, 2.24) is 0 Å². The predicted molar refractivity (Wildman–Crippen MR) is 50.5 cm³/mol. The fourth-order valence-electron chi connectivity index (χ4n) is 1.30. The van der Waals surface area contributed by atoms with Crippen LogP contribution < -0.4 is 4.74 Å². The minimum atomic E-state index is 0.482. The largest absolute Gasteiger partial charge is 0.496 e. The first-order valence-electron chi connectivity index (χ1n) is 4.34. The molecule has 12 heavy (non-hydrogen) atoms. The number of hydrogen-bond donors (Lipinski definition) is 0. The van der Waals surface area contributed by atoms with Crippen LogP contribution in [0, 0.1) is 0 Å². The van der Waals surface area contributed by atoms with E-state index in [1.54, 1.807) is 13.2 Å². The van der Waals surface area contributed by atoms with Crippen molar-refractivity contribution in [2.45, 2.75) is 0 Å². The van der Waals surface area contributed by atoms with E-state index < -0.39 is 0 Å². The van der Waals surface area contributed by atoms with Crippen molar-refractivity contribution >= 4 is 10.8 Å². The molecule has 0 saturated heterocycles. The summed E-state index contributed by atoms with van der Waals surface area (Å²) in [6.45, 7) is 0. The number of benzene rings is 2. The first-order chi connectivity index (χ1) is 6.31. The lowest BCUT2D eigenvalue weighted by molar-refractivity contribution is 0.420. The van der Waals surface area contributed by atoms with E-state index in [0.29, 0.717) is 6.04 Å². The molecule has 1 heteroatoms. The lowest BCUT2D eigenvalue weighted by Crippen LogP contribution is -1.83. The Morgan fingerprint density at radius 3 is 2.83 bits per heavy atom. The third-order valence-corrected chi connectivity index (χ3v) is 1.90. The monoisotopic (exact) mass is 159 g/mol. The highest BCUT2D eigenvalue weighted by atomic mass is 16.5. The molecule has 0 amide bonds. The summed E-state index contributed by atoms with van der Waals surface area (Å²) in [5.74, 6) is 0.767. The molecule has 0 aliphatic rings. The second-order valence-electron chi connectivity index (χ2n) is 2.61. The highest BCUT2D eigenvalue weighted by Crippen LogP contribution is 2.24. The molecule has 60 valence electrons. The number of ether oxygens (including phenoxy) is 1. The molecule has 0 aromatic heterocycles. The molecule has 0 heterocycles. The number of hydrogen-bond acceptors (Lipinski definition) is 1. The Labute approximate surface area is 73.0 Å². The summed E-state index contributed by atoms with van der Waals surface area (Å²) in [4.78, 5) is 0. The minimum absolute atomic E-state index is 0.482. The molecule has 2 rings (SSSR count). The Kier molecular flexibility index (Phi) is 1.44. The van der Waals surface area contributed by atoms with Crippen LogP contribution in [-0.2, 0) is 0 Å². The predicted octanol–water partition coefficient (Wildman–Crippen LogP) is 2.85. The Hall–Kier alpha value is -1.50. The van der Waals surface area contributed by atoms with E-state index in [1.807, 2.05) is 30.3 Å². The molecular formula is C11H10O. The van der Waals surface area contributed by atoms with E-state index >= 15 is 0 Å². The van der Waals surface area contributed by atoms with Crippen molar-refractivity contribution in [3.8, 4) is 5.75 Å². The van der Waals surface area contributed by atoms with Gasteiger partial charge in [-0.25, -0.2) is 0 Å². The summed E-state index contributed by atoms with van der Waals surface area (Å²) in [5.41, 5.74) is 0. The standard InChI is InChI=1S/C11H10O/c1-12-11-8-4-6-9-5-2-3-7-10(9)11/h2-8H,1H3/i4D. The van der Waals surface area contributed by atoms with E-state index in [1.165, 1.54) is 0 Å². The molecule has 2 aromatic carbocycles. The molecule has 2 aromatic rings. The quantitative estimate of drug-likeness (QED) is 0.621. The summed E-state index contributed by atoms with van der Waals surface area (Å²) in [6, 6.07) is 11.9. The molecular weight excluding hydrogens is 148 g/mol. The SMILES string of the molecule is [2H]c1cc(OC)c2ccccc2c1. The molecule has 0 radical (unpaired) electrons. The normalized spacial score (nSPS) is 11.2. The lowest BCUT2D eigenvalue weighted by Gasteiger charge is -2.03. The average Bonchev–Trinajstić information content (AvgIpc) is 2.16. The maximum atomic E-state index is 7.54. The average molecular weight is 159 g/mol. The van der Waals surface area contributed by atoms with Crippen LogP contribution in [0.2, 0.25) is 0 Å². The third-order valence-electron chi connectivity index (χ3n) is 1.90. The molecule has 0 N–H and O–H groups in total. The van der Waals surface area contributed by atoms with Crippen LogP contribution in [0.5, 0.6) is 5.75 Å². The van der Waals surface area contributed by atoms with Gasteiger partial charge in [-0.15, -0.1) is 0 Å². The zero-order valence-electron chi connectivity index (χ0n) is 7.87. The smallest absolute Gasteiger partial charge is 0.126 e. The molecule has 0 fully saturated rings. The Morgan fingerprint density at radius 2 is 2.00 bits per heavy atom. The van der Waals surface area contributed by atoms with Crippen molar-refractivity contribution in [1.29, 1.82) is 0 Å². The van der Waals surface area contributed by atoms with Crippen LogP contribution >= 0.6 is 0 Å². The van der Waals surface area contributed by atoms with Gasteiger partial charge in [-0.05, 0) is 11.5 Å². The van der Waals surface area contributed by atoms with Gasteiger partial charge in [0.15, 0.2) is 0 Å². The molecule has 1 nitrogen and oxygen atoms in total. The lowest BCUT2D eigenvalue weighted by atomic mass is 10.1. The van der Waals surface area contributed by atoms with E-state index in [0.717, 1.165) is 16.5 Å². The van der Waals surface area contributed by atoms with Crippen molar-refractivity contribution in [2.75, 3.05) is 7.11 Å². The maximum Gasteiger partial charge on any atom is 0.126 e. The van der Waals surface area contributed by atoms with Gasteiger partial charge < -0.3 is 4.74 Å². The summed E-state index contributed by atoms with van der Waals surface area (Å²) >= 11 is 0. The minimum Gasteiger partial charge on any atom is -0.496 e. The van der Waals surface area contributed by atoms with Crippen LogP contribution in [0.25, 0.3) is 10.8 Å². The third kappa shape index (κ3) is 1.03. The number of rotatable bonds is 1. The van der Waals surface area contributed by atoms with Crippen LogP contribution in [-0.4, -0.2) is 7.11 Å². The van der Waals surface area contributed by atoms with Gasteiger partial charge in [0.05, 0.1) is 8.48 Å². The highest BCUT2D eigenvalue weighted by Gasteiger charge is 1.96. The molecule has 0 aliphatic heterocycles. The maximum absolute atomic E-state index is 7.54. The van der Waals surface area contributed by atoms with E-state index in [4.69, 9.17) is 6.11 Å². The van der Waals surface area contributed by atoms with Gasteiger partial charge in [0.25, 0.3) is 0 Å². The first-order valence-corrected chi connectivity index (χ1v) is 3.84. The summed E-state index contributed by atoms with van der Waals surface area (Å²) < 4.78 is 12.7. The van der Waals surface area contributed by atoms with Crippen molar-refractivity contribution in [2.24, 2.45) is 0 Å². The van der Waals surface area contributed by atoms with Crippen LogP contribution in [0.3, 0.4) is 0 Å². The topological polar surface area (TPSA) is 9.23 Å². The van der Waals surface area contributed by atoms with Crippen molar-refractivity contribution in [3.63, 3.8) is 0 Å². The summed E-state index contributed by atoms with van der Waals surface area (Å²) in [7, 11) is 1.63. The Balaban J connectivity index is 2.81. The van der Waals surface area contributed by atoms with E-state index in [-0.39, 0.29) is 0 Å². The number of methoxy groups -OCH3 is 1. The van der Waals surface area contributed by atoms with Crippen molar-refractivity contribution < 1.29 is 6.11 Å². The fraction of sp³-hybridized carbons (Fsp3) is 0.0909. The Morgan fingerprint density at radius 1 is 1.17 bits per heavy atom. The molecule has 0 saturated carbocycles. The summed E-state index contributed by atoms with van der Waals surface area (Å²) in [6.07, 6.45) is 0. The van der Waals surface area contributed by atoms with E-state index in [9.17, 15) is 0 Å². The molecule has 0 bridgehead atoms. The van der Waals surface area contributed by atoms with Gasteiger partial charge in [0.2, 0.25) is 0 Å². The molecule has 0 unspecified atom stereocenters. The van der Waals surface area contributed by atoms with Crippen LogP contribution in [0.15, 0.2) is 42.4 Å². The first kappa shape index (κ1) is 6.06. The van der Waals surface area contributed by atoms with Gasteiger partial charge in [-0.1, -0.05) is 36.4 Å². The van der Waals surface area contributed by atoms with Gasteiger partial charge in [-0.3, -0.25) is 0 Å². The second-order valence-corrected chi connectivity index (χ2v) is 2.61. The zero-order chi connectivity index (χ0) is 9.26. The summed E-state index contributed by atoms with van der Waals surface area (Å²) in [5, 5.41) is 2.10. The van der Waals surface area contributed by atoms with E-state index in [2.05, 4.69) is 0 Å². The highest BCUT2D eigenvalue weighted by molar-refractivity contribution is 5.88. The van der Waals surface area contributed by atoms with Gasteiger partial charge >= 0.3 is 0 Å². The molecule has 0 atom stereocenters. The molecule has 0 spiro atoms. The second kappa shape index (κ2) is 2.86. The van der Waals surface area contributed by atoms with Gasteiger partial charge in [0, 0.05) is 5.39 Å². The van der Waals surface area contributed by atoms with Crippen molar-refractivity contribution in [3.05, 3.63) is 42.4 Å². The molecule has 0 aliphatic carbocycles. The van der Waals surface area contributed by atoms with Crippen LogP contribution in [0.1, 0.15) is 1.37 Å².